The zero-order chi connectivity index (χ0) is 16.8. The quantitative estimate of drug-likeness (QED) is 0.884. The summed E-state index contributed by atoms with van der Waals surface area (Å²) in [5.74, 6) is 0.212. The molecular formula is C18H21N3O3. The topological polar surface area (TPSA) is 84.2 Å². The van der Waals surface area contributed by atoms with E-state index in [-0.39, 0.29) is 17.9 Å². The van der Waals surface area contributed by atoms with Gasteiger partial charge in [0, 0.05) is 18.4 Å². The lowest BCUT2D eigenvalue weighted by molar-refractivity contribution is 0.0927. The maximum Gasteiger partial charge on any atom is 0.253 e. The molecule has 2 aromatic heterocycles. The zero-order valence-electron chi connectivity index (χ0n) is 13.5. The Morgan fingerprint density at radius 3 is 2.58 bits per heavy atom. The SMILES string of the molecule is O=C(NCc1ccco1)c1cncc(C(=O)NC2CCCCC2)c1. The average Bonchev–Trinajstić information content (AvgIpc) is 3.14. The molecule has 0 atom stereocenters. The Hall–Kier alpha value is -2.63. The van der Waals surface area contributed by atoms with E-state index in [1.165, 1.54) is 18.8 Å². The standard InChI is InChI=1S/C18H21N3O3/c22-17(20-12-16-7-4-8-24-16)13-9-14(11-19-10-13)18(23)21-15-5-2-1-3-6-15/h4,7-11,15H,1-3,5-6,12H2,(H,20,22)(H,21,23). The van der Waals surface area contributed by atoms with Gasteiger partial charge < -0.3 is 15.1 Å². The Kier molecular flexibility index (Phi) is 5.25. The number of rotatable bonds is 5. The van der Waals surface area contributed by atoms with Gasteiger partial charge in [-0.25, -0.2) is 0 Å². The van der Waals surface area contributed by atoms with Crippen molar-refractivity contribution in [3.8, 4) is 0 Å². The third-order valence-electron chi connectivity index (χ3n) is 4.21. The molecule has 24 heavy (non-hydrogen) atoms. The van der Waals surface area contributed by atoms with Crippen molar-refractivity contribution in [2.45, 2.75) is 44.7 Å². The van der Waals surface area contributed by atoms with Crippen molar-refractivity contribution in [2.75, 3.05) is 0 Å². The molecule has 0 spiro atoms. The molecule has 0 radical (unpaired) electrons. The number of nitrogens with one attached hydrogen (secondary N) is 2. The summed E-state index contributed by atoms with van der Waals surface area (Å²) in [6.07, 6.45) is 10.1. The number of nitrogens with zero attached hydrogens (tertiary/aromatic N) is 1. The van der Waals surface area contributed by atoms with Crippen LogP contribution in [0.15, 0.2) is 41.3 Å². The van der Waals surface area contributed by atoms with Crippen molar-refractivity contribution in [1.82, 2.24) is 15.6 Å². The van der Waals surface area contributed by atoms with Gasteiger partial charge >= 0.3 is 0 Å². The minimum absolute atomic E-state index is 0.171. The highest BCUT2D eigenvalue weighted by Crippen LogP contribution is 2.18. The Morgan fingerprint density at radius 1 is 1.12 bits per heavy atom. The largest absolute Gasteiger partial charge is 0.467 e. The second-order valence-corrected chi connectivity index (χ2v) is 6.03. The molecule has 1 saturated carbocycles. The van der Waals surface area contributed by atoms with Crippen molar-refractivity contribution in [2.24, 2.45) is 0 Å². The van der Waals surface area contributed by atoms with Crippen molar-refractivity contribution in [1.29, 1.82) is 0 Å². The summed E-state index contributed by atoms with van der Waals surface area (Å²) >= 11 is 0. The van der Waals surface area contributed by atoms with E-state index in [9.17, 15) is 9.59 Å². The van der Waals surface area contributed by atoms with Gasteiger partial charge in [-0.15, -0.1) is 0 Å². The first kappa shape index (κ1) is 16.2. The Labute approximate surface area is 140 Å². The summed E-state index contributed by atoms with van der Waals surface area (Å²) in [5, 5.41) is 5.77. The fourth-order valence-electron chi connectivity index (χ4n) is 2.89. The second-order valence-electron chi connectivity index (χ2n) is 6.03. The molecule has 2 heterocycles. The lowest BCUT2D eigenvalue weighted by atomic mass is 9.95. The molecule has 2 aromatic rings. The van der Waals surface area contributed by atoms with Crippen LogP contribution in [0, 0.1) is 0 Å². The maximum atomic E-state index is 12.3. The van der Waals surface area contributed by atoms with Crippen LogP contribution in [0.5, 0.6) is 0 Å². The molecule has 2 amide bonds. The number of aromatic nitrogens is 1. The van der Waals surface area contributed by atoms with Crippen LogP contribution in [0.1, 0.15) is 58.6 Å². The molecule has 0 saturated heterocycles. The number of carbonyl (C=O) groups excluding carboxylic acids is 2. The van der Waals surface area contributed by atoms with Crippen LogP contribution >= 0.6 is 0 Å². The van der Waals surface area contributed by atoms with Gasteiger partial charge in [-0.1, -0.05) is 19.3 Å². The van der Waals surface area contributed by atoms with E-state index in [0.29, 0.717) is 23.4 Å². The molecule has 0 bridgehead atoms. The summed E-state index contributed by atoms with van der Waals surface area (Å²) in [7, 11) is 0. The van der Waals surface area contributed by atoms with Crippen LogP contribution in [-0.2, 0) is 6.54 Å². The van der Waals surface area contributed by atoms with E-state index < -0.39 is 0 Å². The minimum Gasteiger partial charge on any atom is -0.467 e. The maximum absolute atomic E-state index is 12.3. The second kappa shape index (κ2) is 7.77. The van der Waals surface area contributed by atoms with Crippen molar-refractivity contribution in [3.05, 3.63) is 53.7 Å². The summed E-state index contributed by atoms with van der Waals surface area (Å²) < 4.78 is 5.17. The van der Waals surface area contributed by atoms with Gasteiger partial charge in [-0.05, 0) is 31.0 Å². The third kappa shape index (κ3) is 4.22. The highest BCUT2D eigenvalue weighted by molar-refractivity contribution is 5.99. The first-order chi connectivity index (χ1) is 11.7. The smallest absolute Gasteiger partial charge is 0.253 e. The van der Waals surface area contributed by atoms with E-state index >= 15 is 0 Å². The number of hydrogen-bond donors (Lipinski definition) is 2. The molecule has 1 fully saturated rings. The number of pyridine rings is 1. The molecule has 6 nitrogen and oxygen atoms in total. The van der Waals surface area contributed by atoms with E-state index in [2.05, 4.69) is 15.6 Å². The molecule has 0 unspecified atom stereocenters. The number of hydrogen-bond acceptors (Lipinski definition) is 4. The normalized spacial score (nSPS) is 15.0. The Bertz CT molecular complexity index is 691. The summed E-state index contributed by atoms with van der Waals surface area (Å²) in [6.45, 7) is 0.296. The number of amides is 2. The van der Waals surface area contributed by atoms with Crippen LogP contribution in [0.4, 0.5) is 0 Å². The van der Waals surface area contributed by atoms with Gasteiger partial charge in [0.2, 0.25) is 0 Å². The van der Waals surface area contributed by atoms with Gasteiger partial charge in [0.15, 0.2) is 0 Å². The summed E-state index contributed by atoms with van der Waals surface area (Å²) in [6, 6.07) is 5.34. The first-order valence-corrected chi connectivity index (χ1v) is 8.29. The highest BCUT2D eigenvalue weighted by atomic mass is 16.3. The Balaban J connectivity index is 1.60. The van der Waals surface area contributed by atoms with Crippen LogP contribution in [-0.4, -0.2) is 22.8 Å². The van der Waals surface area contributed by atoms with Crippen molar-refractivity contribution in [3.63, 3.8) is 0 Å². The number of furan rings is 1. The molecule has 1 aliphatic rings. The van der Waals surface area contributed by atoms with Crippen LogP contribution in [0.25, 0.3) is 0 Å². The van der Waals surface area contributed by atoms with Gasteiger partial charge in [-0.2, -0.15) is 0 Å². The van der Waals surface area contributed by atoms with Crippen LogP contribution in [0.2, 0.25) is 0 Å². The number of carbonyl (C=O) groups is 2. The van der Waals surface area contributed by atoms with Gasteiger partial charge in [0.1, 0.15) is 5.76 Å². The summed E-state index contributed by atoms with van der Waals surface area (Å²) in [5.41, 5.74) is 0.768. The fourth-order valence-corrected chi connectivity index (χ4v) is 2.89. The van der Waals surface area contributed by atoms with Crippen molar-refractivity contribution < 1.29 is 14.0 Å². The lowest BCUT2D eigenvalue weighted by Crippen LogP contribution is -2.36. The predicted molar refractivity (Wildman–Crippen MR) is 88.5 cm³/mol. The molecule has 6 heteroatoms. The van der Waals surface area contributed by atoms with Gasteiger partial charge in [-0.3, -0.25) is 14.6 Å². The molecule has 3 rings (SSSR count). The van der Waals surface area contributed by atoms with Crippen LogP contribution in [0.3, 0.4) is 0 Å². The zero-order valence-corrected chi connectivity index (χ0v) is 13.5. The summed E-state index contributed by atoms with van der Waals surface area (Å²) in [4.78, 5) is 28.5. The highest BCUT2D eigenvalue weighted by Gasteiger charge is 2.18. The molecule has 126 valence electrons. The lowest BCUT2D eigenvalue weighted by Gasteiger charge is -2.22. The van der Waals surface area contributed by atoms with Gasteiger partial charge in [0.05, 0.1) is 23.9 Å². The molecule has 0 aromatic carbocycles. The monoisotopic (exact) mass is 327 g/mol. The van der Waals surface area contributed by atoms with E-state index in [1.807, 2.05) is 0 Å². The molecule has 2 N–H and O–H groups in total. The van der Waals surface area contributed by atoms with E-state index in [0.717, 1.165) is 25.7 Å². The first-order valence-electron chi connectivity index (χ1n) is 8.29. The fraction of sp³-hybridized carbons (Fsp3) is 0.389. The van der Waals surface area contributed by atoms with E-state index in [4.69, 9.17) is 4.42 Å². The van der Waals surface area contributed by atoms with Crippen molar-refractivity contribution >= 4 is 11.8 Å². The molecule has 1 aliphatic carbocycles. The third-order valence-corrected chi connectivity index (χ3v) is 4.21. The van der Waals surface area contributed by atoms with Crippen LogP contribution < -0.4 is 10.6 Å². The minimum atomic E-state index is -0.286. The van der Waals surface area contributed by atoms with Gasteiger partial charge in [0.25, 0.3) is 11.8 Å². The Morgan fingerprint density at radius 2 is 1.88 bits per heavy atom. The van der Waals surface area contributed by atoms with E-state index in [1.54, 1.807) is 24.5 Å². The predicted octanol–water partition coefficient (Wildman–Crippen LogP) is 2.67. The molecular weight excluding hydrogens is 306 g/mol. The average molecular weight is 327 g/mol. The molecule has 0 aliphatic heterocycles.